The lowest BCUT2D eigenvalue weighted by atomic mass is 9.88. The number of hydrogen-bond donors (Lipinski definition) is 2. The summed E-state index contributed by atoms with van der Waals surface area (Å²) >= 11 is 1.44. The summed E-state index contributed by atoms with van der Waals surface area (Å²) in [6.07, 6.45) is 2.28. The van der Waals surface area contributed by atoms with Crippen molar-refractivity contribution >= 4 is 28.3 Å². The highest BCUT2D eigenvalue weighted by atomic mass is 32.1. The van der Waals surface area contributed by atoms with Crippen molar-refractivity contribution in [1.82, 2.24) is 0 Å². The number of amides is 2. The third kappa shape index (κ3) is 2.89. The molecule has 0 saturated carbocycles. The number of rotatable bonds is 3. The number of nitrogens with two attached hydrogens (primary N) is 1. The average molecular weight is 282 g/mol. The number of carbonyl (C=O) groups excluding carboxylic acids is 2. The van der Waals surface area contributed by atoms with Crippen LogP contribution in [0.1, 0.15) is 41.1 Å². The first-order valence-electron chi connectivity index (χ1n) is 6.41. The first kappa shape index (κ1) is 13.9. The minimum atomic E-state index is -0.545. The van der Waals surface area contributed by atoms with Gasteiger partial charge in [0.25, 0.3) is 5.91 Å². The minimum Gasteiger partial charge on any atom is -0.450 e. The number of primary amides is 1. The Morgan fingerprint density at radius 1 is 1.53 bits per heavy atom. The molecule has 1 aromatic rings. The summed E-state index contributed by atoms with van der Waals surface area (Å²) in [7, 11) is 0. The molecule has 1 atom stereocenters. The van der Waals surface area contributed by atoms with Gasteiger partial charge in [0, 0.05) is 4.88 Å². The van der Waals surface area contributed by atoms with E-state index in [1.807, 2.05) is 0 Å². The van der Waals surface area contributed by atoms with E-state index in [9.17, 15) is 9.59 Å². The molecule has 6 heteroatoms. The fraction of sp³-hybridized carbons (Fsp3) is 0.538. The minimum absolute atomic E-state index is 0.292. The van der Waals surface area contributed by atoms with E-state index in [1.165, 1.54) is 11.3 Å². The third-order valence-electron chi connectivity index (χ3n) is 3.25. The number of hydrogen-bond acceptors (Lipinski definition) is 4. The highest BCUT2D eigenvalue weighted by Crippen LogP contribution is 2.39. The van der Waals surface area contributed by atoms with Crippen molar-refractivity contribution in [2.45, 2.75) is 33.1 Å². The first-order chi connectivity index (χ1) is 9.02. The second-order valence-corrected chi connectivity index (χ2v) is 5.87. The summed E-state index contributed by atoms with van der Waals surface area (Å²) in [6, 6.07) is 0. The van der Waals surface area contributed by atoms with Gasteiger partial charge in [-0.1, -0.05) is 6.92 Å². The van der Waals surface area contributed by atoms with E-state index in [0.717, 1.165) is 29.7 Å². The van der Waals surface area contributed by atoms with Gasteiger partial charge < -0.3 is 10.5 Å². The van der Waals surface area contributed by atoms with Crippen LogP contribution in [0, 0.1) is 5.92 Å². The first-order valence-corrected chi connectivity index (χ1v) is 7.22. The van der Waals surface area contributed by atoms with E-state index in [1.54, 1.807) is 6.92 Å². The topological polar surface area (TPSA) is 81.4 Å². The molecule has 0 aromatic carbocycles. The van der Waals surface area contributed by atoms with Gasteiger partial charge in [-0.25, -0.2) is 4.79 Å². The predicted octanol–water partition coefficient (Wildman–Crippen LogP) is 2.54. The van der Waals surface area contributed by atoms with E-state index in [-0.39, 0.29) is 0 Å². The molecule has 0 fully saturated rings. The summed E-state index contributed by atoms with van der Waals surface area (Å²) in [5.74, 6) is 0.112. The van der Waals surface area contributed by atoms with Gasteiger partial charge >= 0.3 is 6.09 Å². The van der Waals surface area contributed by atoms with Gasteiger partial charge in [0.1, 0.15) is 5.00 Å². The number of anilines is 1. The zero-order valence-corrected chi connectivity index (χ0v) is 11.9. The highest BCUT2D eigenvalue weighted by Gasteiger charge is 2.27. The molecule has 0 bridgehead atoms. The summed E-state index contributed by atoms with van der Waals surface area (Å²) < 4.78 is 4.84. The zero-order valence-electron chi connectivity index (χ0n) is 11.1. The molecule has 2 rings (SSSR count). The van der Waals surface area contributed by atoms with Gasteiger partial charge in [-0.05, 0) is 37.7 Å². The van der Waals surface area contributed by atoms with E-state index in [4.69, 9.17) is 10.5 Å². The summed E-state index contributed by atoms with van der Waals surface area (Å²) in [5.41, 5.74) is 6.90. The largest absolute Gasteiger partial charge is 0.450 e. The quantitative estimate of drug-likeness (QED) is 0.893. The number of ether oxygens (including phenoxy) is 1. The van der Waals surface area contributed by atoms with Crippen LogP contribution in [0.5, 0.6) is 0 Å². The molecule has 1 heterocycles. The second kappa shape index (κ2) is 5.61. The number of nitrogens with one attached hydrogen (secondary N) is 1. The van der Waals surface area contributed by atoms with Crippen LogP contribution in [0.15, 0.2) is 0 Å². The van der Waals surface area contributed by atoms with Crippen LogP contribution < -0.4 is 11.1 Å². The van der Waals surface area contributed by atoms with Gasteiger partial charge in [-0.2, -0.15) is 0 Å². The van der Waals surface area contributed by atoms with Crippen LogP contribution in [0.3, 0.4) is 0 Å². The number of fused-ring (bicyclic) bond motifs is 1. The normalized spacial score (nSPS) is 17.7. The van der Waals surface area contributed by atoms with E-state index in [2.05, 4.69) is 12.2 Å². The molecule has 1 aliphatic rings. The van der Waals surface area contributed by atoms with Crippen molar-refractivity contribution in [1.29, 1.82) is 0 Å². The molecule has 5 nitrogen and oxygen atoms in total. The third-order valence-corrected chi connectivity index (χ3v) is 4.42. The maximum atomic E-state index is 11.6. The Labute approximate surface area is 116 Å². The van der Waals surface area contributed by atoms with Crippen LogP contribution in [-0.4, -0.2) is 18.6 Å². The van der Waals surface area contributed by atoms with Crippen molar-refractivity contribution < 1.29 is 14.3 Å². The molecule has 0 aliphatic heterocycles. The standard InChI is InChI=1S/C13H18N2O3S/c1-3-18-13(17)15-12-10(11(14)16)8-5-4-7(2)6-9(8)19-12/h7H,3-6H2,1-2H3,(H2,14,16)(H,15,17)/t7-/m1/s1. The van der Waals surface area contributed by atoms with Crippen LogP contribution in [-0.2, 0) is 17.6 Å². The predicted molar refractivity (Wildman–Crippen MR) is 74.7 cm³/mol. The molecule has 0 radical (unpaired) electrons. The molecule has 3 N–H and O–H groups in total. The van der Waals surface area contributed by atoms with E-state index >= 15 is 0 Å². The molecule has 2 amide bonds. The Kier molecular flexibility index (Phi) is 4.09. The van der Waals surface area contributed by atoms with Crippen molar-refractivity contribution in [3.63, 3.8) is 0 Å². The zero-order chi connectivity index (χ0) is 14.0. The van der Waals surface area contributed by atoms with Crippen LogP contribution in [0.25, 0.3) is 0 Å². The molecule has 0 unspecified atom stereocenters. The average Bonchev–Trinajstić information content (AvgIpc) is 2.65. The van der Waals surface area contributed by atoms with Crippen molar-refractivity contribution in [2.75, 3.05) is 11.9 Å². The fourth-order valence-corrected chi connectivity index (χ4v) is 3.76. The summed E-state index contributed by atoms with van der Waals surface area (Å²) in [6.45, 7) is 4.21. The van der Waals surface area contributed by atoms with E-state index < -0.39 is 12.0 Å². The number of thiophene rings is 1. The van der Waals surface area contributed by atoms with Gasteiger partial charge in [-0.3, -0.25) is 10.1 Å². The second-order valence-electron chi connectivity index (χ2n) is 4.77. The molecule has 0 spiro atoms. The van der Waals surface area contributed by atoms with Gasteiger partial charge in [0.05, 0.1) is 12.2 Å². The Balaban J connectivity index is 2.32. The maximum Gasteiger partial charge on any atom is 0.412 e. The molecular formula is C13H18N2O3S. The monoisotopic (exact) mass is 282 g/mol. The summed E-state index contributed by atoms with van der Waals surface area (Å²) in [4.78, 5) is 24.3. The van der Waals surface area contributed by atoms with Crippen LogP contribution in [0.4, 0.5) is 9.80 Å². The van der Waals surface area contributed by atoms with Crippen molar-refractivity contribution in [3.8, 4) is 0 Å². The Hall–Kier alpha value is -1.56. The van der Waals surface area contributed by atoms with Crippen molar-refractivity contribution in [3.05, 3.63) is 16.0 Å². The lowest BCUT2D eigenvalue weighted by molar-refractivity contribution is 0.100. The van der Waals surface area contributed by atoms with Gasteiger partial charge in [-0.15, -0.1) is 11.3 Å². The van der Waals surface area contributed by atoms with Crippen molar-refractivity contribution in [2.24, 2.45) is 11.7 Å². The molecular weight excluding hydrogens is 264 g/mol. The Bertz CT molecular complexity index is 510. The van der Waals surface area contributed by atoms with E-state index in [0.29, 0.717) is 23.1 Å². The van der Waals surface area contributed by atoms with Gasteiger partial charge in [0.15, 0.2) is 0 Å². The maximum absolute atomic E-state index is 11.6. The smallest absolute Gasteiger partial charge is 0.412 e. The highest BCUT2D eigenvalue weighted by molar-refractivity contribution is 7.17. The summed E-state index contributed by atoms with van der Waals surface area (Å²) in [5, 5.41) is 3.14. The lowest BCUT2D eigenvalue weighted by Crippen LogP contribution is -2.19. The lowest BCUT2D eigenvalue weighted by Gasteiger charge is -2.18. The van der Waals surface area contributed by atoms with Gasteiger partial charge in [0.2, 0.25) is 0 Å². The molecule has 0 saturated heterocycles. The SMILES string of the molecule is CCOC(=O)Nc1sc2c(c1C(N)=O)CC[C@@H](C)C2. The molecule has 104 valence electrons. The van der Waals surface area contributed by atoms with Crippen LogP contribution >= 0.6 is 11.3 Å². The molecule has 1 aromatic heterocycles. The van der Waals surface area contributed by atoms with Crippen LogP contribution in [0.2, 0.25) is 0 Å². The number of carbonyl (C=O) groups is 2. The Morgan fingerprint density at radius 2 is 2.26 bits per heavy atom. The Morgan fingerprint density at radius 3 is 2.89 bits per heavy atom. The fourth-order valence-electron chi connectivity index (χ4n) is 2.36. The molecule has 1 aliphatic carbocycles. The molecule has 19 heavy (non-hydrogen) atoms.